The van der Waals surface area contributed by atoms with Crippen LogP contribution < -0.4 is 4.90 Å². The molecule has 0 aliphatic heterocycles. The van der Waals surface area contributed by atoms with Crippen LogP contribution in [-0.4, -0.2) is 25.7 Å². The Kier molecular flexibility index (Phi) is 6.62. The van der Waals surface area contributed by atoms with Gasteiger partial charge in [0, 0.05) is 18.8 Å². The van der Waals surface area contributed by atoms with Crippen LogP contribution in [0.4, 0.5) is 5.69 Å². The fourth-order valence-corrected chi connectivity index (χ4v) is 2.52. The van der Waals surface area contributed by atoms with E-state index in [1.54, 1.807) is 19.1 Å². The standard InChI is InChI=1S/C21H25NO2/c1-4-22(5-2)20-15-11-18(12-16-20)8-7-17-9-13-19(14-10-17)21(23)24-6-3/h7-16H,4-6H2,1-3H3/b8-7+. The summed E-state index contributed by atoms with van der Waals surface area (Å²) in [7, 11) is 0. The lowest BCUT2D eigenvalue weighted by atomic mass is 10.1. The summed E-state index contributed by atoms with van der Waals surface area (Å²) in [5.74, 6) is -0.278. The van der Waals surface area contributed by atoms with Crippen molar-refractivity contribution in [1.29, 1.82) is 0 Å². The fourth-order valence-electron chi connectivity index (χ4n) is 2.52. The lowest BCUT2D eigenvalue weighted by Crippen LogP contribution is -2.21. The lowest BCUT2D eigenvalue weighted by molar-refractivity contribution is 0.0526. The molecule has 0 atom stereocenters. The average molecular weight is 323 g/mol. The van der Waals surface area contributed by atoms with Gasteiger partial charge in [0.15, 0.2) is 0 Å². The van der Waals surface area contributed by atoms with E-state index < -0.39 is 0 Å². The van der Waals surface area contributed by atoms with Crippen LogP contribution in [0, 0.1) is 0 Å². The number of esters is 1. The molecule has 2 aromatic rings. The van der Waals surface area contributed by atoms with Crippen molar-refractivity contribution in [3.05, 3.63) is 65.2 Å². The number of ether oxygens (including phenoxy) is 1. The van der Waals surface area contributed by atoms with Crippen LogP contribution in [0.15, 0.2) is 48.5 Å². The van der Waals surface area contributed by atoms with Crippen LogP contribution >= 0.6 is 0 Å². The Morgan fingerprint density at radius 3 is 1.83 bits per heavy atom. The Labute approximate surface area is 144 Å². The van der Waals surface area contributed by atoms with Crippen molar-refractivity contribution in [2.24, 2.45) is 0 Å². The Morgan fingerprint density at radius 2 is 1.38 bits per heavy atom. The number of rotatable bonds is 7. The van der Waals surface area contributed by atoms with Gasteiger partial charge in [0.2, 0.25) is 0 Å². The van der Waals surface area contributed by atoms with Crippen LogP contribution in [-0.2, 0) is 4.74 Å². The highest BCUT2D eigenvalue weighted by molar-refractivity contribution is 5.89. The van der Waals surface area contributed by atoms with Crippen LogP contribution in [0.25, 0.3) is 12.2 Å². The largest absolute Gasteiger partial charge is 0.462 e. The molecule has 3 nitrogen and oxygen atoms in total. The normalized spacial score (nSPS) is 10.8. The van der Waals surface area contributed by atoms with Crippen LogP contribution in [0.5, 0.6) is 0 Å². The minimum Gasteiger partial charge on any atom is -0.462 e. The van der Waals surface area contributed by atoms with Crippen molar-refractivity contribution in [1.82, 2.24) is 0 Å². The summed E-state index contributed by atoms with van der Waals surface area (Å²) in [5.41, 5.74) is 4.03. The smallest absolute Gasteiger partial charge is 0.338 e. The first-order chi connectivity index (χ1) is 11.7. The van der Waals surface area contributed by atoms with E-state index in [-0.39, 0.29) is 5.97 Å². The molecule has 2 rings (SSSR count). The molecule has 0 aliphatic carbocycles. The van der Waals surface area contributed by atoms with Gasteiger partial charge in [-0.3, -0.25) is 0 Å². The van der Waals surface area contributed by atoms with Gasteiger partial charge in [-0.1, -0.05) is 36.4 Å². The van der Waals surface area contributed by atoms with E-state index >= 15 is 0 Å². The first-order valence-electron chi connectivity index (χ1n) is 8.48. The van der Waals surface area contributed by atoms with Gasteiger partial charge < -0.3 is 9.64 Å². The summed E-state index contributed by atoms with van der Waals surface area (Å²) < 4.78 is 4.99. The fraction of sp³-hybridized carbons (Fsp3) is 0.286. The molecule has 0 saturated heterocycles. The zero-order chi connectivity index (χ0) is 17.4. The minimum atomic E-state index is -0.278. The molecular weight excluding hydrogens is 298 g/mol. The zero-order valence-corrected chi connectivity index (χ0v) is 14.7. The molecule has 0 heterocycles. The molecule has 0 radical (unpaired) electrons. The third-order valence-corrected chi connectivity index (χ3v) is 3.91. The summed E-state index contributed by atoms with van der Waals surface area (Å²) in [6, 6.07) is 16.0. The van der Waals surface area contributed by atoms with Gasteiger partial charge in [0.25, 0.3) is 0 Å². The summed E-state index contributed by atoms with van der Waals surface area (Å²) in [6.45, 7) is 8.55. The SMILES string of the molecule is CCOC(=O)c1ccc(/C=C/c2ccc(N(CC)CC)cc2)cc1. The van der Waals surface area contributed by atoms with Crippen molar-refractivity contribution in [2.45, 2.75) is 20.8 Å². The third kappa shape index (κ3) is 4.72. The Hall–Kier alpha value is -2.55. The van der Waals surface area contributed by atoms with Crippen LogP contribution in [0.1, 0.15) is 42.3 Å². The van der Waals surface area contributed by atoms with E-state index in [1.165, 1.54) is 5.69 Å². The molecule has 0 amide bonds. The maximum absolute atomic E-state index is 11.6. The maximum Gasteiger partial charge on any atom is 0.338 e. The van der Waals surface area contributed by atoms with E-state index in [4.69, 9.17) is 4.74 Å². The number of carbonyl (C=O) groups excluding carboxylic acids is 1. The minimum absolute atomic E-state index is 0.278. The molecule has 0 N–H and O–H groups in total. The van der Waals surface area contributed by atoms with Crippen molar-refractivity contribution < 1.29 is 9.53 Å². The monoisotopic (exact) mass is 323 g/mol. The maximum atomic E-state index is 11.6. The first-order valence-corrected chi connectivity index (χ1v) is 8.48. The summed E-state index contributed by atoms with van der Waals surface area (Å²) >= 11 is 0. The second kappa shape index (κ2) is 8.92. The van der Waals surface area contributed by atoms with E-state index in [0.29, 0.717) is 12.2 Å². The lowest BCUT2D eigenvalue weighted by Gasteiger charge is -2.20. The molecule has 0 saturated carbocycles. The molecule has 3 heteroatoms. The molecule has 0 unspecified atom stereocenters. The number of hydrogen-bond donors (Lipinski definition) is 0. The molecule has 0 fully saturated rings. The molecule has 24 heavy (non-hydrogen) atoms. The summed E-state index contributed by atoms with van der Waals surface area (Å²) in [6.07, 6.45) is 4.12. The highest BCUT2D eigenvalue weighted by Crippen LogP contribution is 2.17. The van der Waals surface area contributed by atoms with E-state index in [0.717, 1.165) is 24.2 Å². The average Bonchev–Trinajstić information content (AvgIpc) is 2.63. The van der Waals surface area contributed by atoms with E-state index in [2.05, 4.69) is 49.1 Å². The molecule has 126 valence electrons. The highest BCUT2D eigenvalue weighted by Gasteiger charge is 2.04. The topological polar surface area (TPSA) is 29.5 Å². The van der Waals surface area contributed by atoms with Crippen molar-refractivity contribution in [2.75, 3.05) is 24.6 Å². The van der Waals surface area contributed by atoms with E-state index in [9.17, 15) is 4.79 Å². The van der Waals surface area contributed by atoms with Crippen molar-refractivity contribution in [3.63, 3.8) is 0 Å². The van der Waals surface area contributed by atoms with Gasteiger partial charge in [-0.25, -0.2) is 4.79 Å². The quantitative estimate of drug-likeness (QED) is 0.537. The number of hydrogen-bond acceptors (Lipinski definition) is 3. The first kappa shape index (κ1) is 17.8. The predicted octanol–water partition coefficient (Wildman–Crippen LogP) is 4.88. The molecule has 0 aromatic heterocycles. The Balaban J connectivity index is 2.04. The molecule has 0 bridgehead atoms. The van der Waals surface area contributed by atoms with Gasteiger partial charge >= 0.3 is 5.97 Å². The number of benzene rings is 2. The number of anilines is 1. The van der Waals surface area contributed by atoms with E-state index in [1.807, 2.05) is 18.2 Å². The van der Waals surface area contributed by atoms with Crippen LogP contribution in [0.3, 0.4) is 0 Å². The molecule has 2 aromatic carbocycles. The van der Waals surface area contributed by atoms with Gasteiger partial charge in [0.1, 0.15) is 0 Å². The van der Waals surface area contributed by atoms with Gasteiger partial charge in [-0.15, -0.1) is 0 Å². The summed E-state index contributed by atoms with van der Waals surface area (Å²) in [5, 5.41) is 0. The van der Waals surface area contributed by atoms with Gasteiger partial charge in [0.05, 0.1) is 12.2 Å². The third-order valence-electron chi connectivity index (χ3n) is 3.91. The highest BCUT2D eigenvalue weighted by atomic mass is 16.5. The zero-order valence-electron chi connectivity index (χ0n) is 14.7. The van der Waals surface area contributed by atoms with Crippen molar-refractivity contribution >= 4 is 23.8 Å². The van der Waals surface area contributed by atoms with Gasteiger partial charge in [-0.05, 0) is 56.2 Å². The Morgan fingerprint density at radius 1 is 0.875 bits per heavy atom. The molecule has 0 spiro atoms. The second-order valence-electron chi connectivity index (χ2n) is 5.44. The van der Waals surface area contributed by atoms with Crippen LogP contribution in [0.2, 0.25) is 0 Å². The second-order valence-corrected chi connectivity index (χ2v) is 5.44. The number of carbonyl (C=O) groups is 1. The molecule has 0 aliphatic rings. The molecular formula is C21H25NO2. The van der Waals surface area contributed by atoms with Gasteiger partial charge in [-0.2, -0.15) is 0 Å². The number of nitrogens with zero attached hydrogens (tertiary/aromatic N) is 1. The Bertz CT molecular complexity index is 668. The summed E-state index contributed by atoms with van der Waals surface area (Å²) in [4.78, 5) is 13.9. The predicted molar refractivity (Wildman–Crippen MR) is 101 cm³/mol. The van der Waals surface area contributed by atoms with Crippen molar-refractivity contribution in [3.8, 4) is 0 Å².